The molecule has 3 aliphatic rings. The van der Waals surface area contributed by atoms with E-state index in [1.54, 1.807) is 18.2 Å². The third kappa shape index (κ3) is 3.96. The van der Waals surface area contributed by atoms with E-state index in [9.17, 15) is 19.2 Å². The molecule has 1 saturated carbocycles. The van der Waals surface area contributed by atoms with Crippen molar-refractivity contribution in [1.29, 1.82) is 0 Å². The van der Waals surface area contributed by atoms with Crippen LogP contribution in [-0.2, 0) is 30.5 Å². The second kappa shape index (κ2) is 8.33. The summed E-state index contributed by atoms with van der Waals surface area (Å²) in [5.74, 6) is -1.24. The van der Waals surface area contributed by atoms with E-state index in [-0.39, 0.29) is 37.0 Å². The van der Waals surface area contributed by atoms with Gasteiger partial charge in [-0.2, -0.15) is 0 Å². The van der Waals surface area contributed by atoms with Crippen molar-refractivity contribution >= 4 is 23.7 Å². The van der Waals surface area contributed by atoms with Gasteiger partial charge in [0.2, 0.25) is 18.6 Å². The van der Waals surface area contributed by atoms with E-state index < -0.39 is 24.5 Å². The average Bonchev–Trinajstić information content (AvgIpc) is 3.30. The number of ether oxygens (including phenoxy) is 3. The van der Waals surface area contributed by atoms with Crippen LogP contribution in [0.3, 0.4) is 0 Å². The Bertz CT molecular complexity index is 860. The first-order chi connectivity index (χ1) is 14.4. The highest BCUT2D eigenvalue weighted by Gasteiger charge is 2.48. The number of hydrogen-bond donors (Lipinski definition) is 1. The highest BCUT2D eigenvalue weighted by molar-refractivity contribution is 6.07. The van der Waals surface area contributed by atoms with Gasteiger partial charge in [-0.25, -0.2) is 0 Å². The molecule has 9 heteroatoms. The molecule has 1 aromatic rings. The highest BCUT2D eigenvalue weighted by atomic mass is 16.7. The molecule has 3 amide bonds. The number of nitrogens with zero attached hydrogens (tertiary/aromatic N) is 1. The van der Waals surface area contributed by atoms with Gasteiger partial charge in [0.1, 0.15) is 6.54 Å². The first kappa shape index (κ1) is 20.2. The summed E-state index contributed by atoms with van der Waals surface area (Å²) < 4.78 is 15.7. The number of fused-ring (bicyclic) bond motifs is 2. The van der Waals surface area contributed by atoms with Crippen molar-refractivity contribution in [3.05, 3.63) is 23.8 Å². The van der Waals surface area contributed by atoms with E-state index >= 15 is 0 Å². The number of rotatable bonds is 6. The van der Waals surface area contributed by atoms with Crippen LogP contribution in [0.1, 0.15) is 38.2 Å². The number of carbonyl (C=O) groups excluding carboxylic acids is 4. The van der Waals surface area contributed by atoms with E-state index in [1.165, 1.54) is 6.92 Å². The van der Waals surface area contributed by atoms with Crippen LogP contribution < -0.4 is 14.8 Å². The first-order valence-electron chi connectivity index (χ1n) is 10.1. The number of benzene rings is 1. The maximum absolute atomic E-state index is 12.4. The minimum atomic E-state index is -1.05. The molecule has 2 aliphatic heterocycles. The Morgan fingerprint density at radius 1 is 1.13 bits per heavy atom. The van der Waals surface area contributed by atoms with Crippen molar-refractivity contribution in [2.45, 2.75) is 45.3 Å². The van der Waals surface area contributed by atoms with Crippen LogP contribution in [0.5, 0.6) is 11.5 Å². The monoisotopic (exact) mass is 416 g/mol. The van der Waals surface area contributed by atoms with Crippen molar-refractivity contribution in [1.82, 2.24) is 10.2 Å². The van der Waals surface area contributed by atoms with E-state index in [4.69, 9.17) is 14.2 Å². The fourth-order valence-electron chi connectivity index (χ4n) is 4.19. The molecule has 0 bridgehead atoms. The summed E-state index contributed by atoms with van der Waals surface area (Å²) in [6, 6.07) is 5.33. The van der Waals surface area contributed by atoms with Crippen molar-refractivity contribution in [2.75, 3.05) is 13.3 Å². The van der Waals surface area contributed by atoms with E-state index in [0.717, 1.165) is 23.3 Å². The quantitative estimate of drug-likeness (QED) is 0.547. The molecule has 9 nitrogen and oxygen atoms in total. The zero-order chi connectivity index (χ0) is 21.3. The van der Waals surface area contributed by atoms with Gasteiger partial charge < -0.3 is 19.5 Å². The second-order valence-corrected chi connectivity index (χ2v) is 7.80. The average molecular weight is 416 g/mol. The summed E-state index contributed by atoms with van der Waals surface area (Å²) >= 11 is 0. The molecular formula is C21H24N2O7. The fraction of sp³-hybridized carbons (Fsp3) is 0.524. The van der Waals surface area contributed by atoms with Crippen LogP contribution in [0.25, 0.3) is 0 Å². The molecule has 0 aromatic heterocycles. The van der Waals surface area contributed by atoms with Gasteiger partial charge in [-0.05, 0) is 37.5 Å². The van der Waals surface area contributed by atoms with Gasteiger partial charge in [-0.1, -0.05) is 18.9 Å². The Morgan fingerprint density at radius 3 is 2.50 bits per heavy atom. The van der Waals surface area contributed by atoms with Crippen LogP contribution in [-0.4, -0.2) is 48.0 Å². The second-order valence-electron chi connectivity index (χ2n) is 7.80. The van der Waals surface area contributed by atoms with Crippen LogP contribution in [0.2, 0.25) is 0 Å². The maximum atomic E-state index is 12.4. The van der Waals surface area contributed by atoms with Crippen LogP contribution >= 0.6 is 0 Å². The van der Waals surface area contributed by atoms with Gasteiger partial charge in [0.05, 0.1) is 11.8 Å². The fourth-order valence-corrected chi connectivity index (χ4v) is 4.19. The first-order valence-corrected chi connectivity index (χ1v) is 10.1. The molecule has 1 N–H and O–H groups in total. The van der Waals surface area contributed by atoms with Gasteiger partial charge in [0.25, 0.3) is 5.91 Å². The zero-order valence-corrected chi connectivity index (χ0v) is 16.7. The molecule has 4 rings (SSSR count). The van der Waals surface area contributed by atoms with Gasteiger partial charge >= 0.3 is 5.97 Å². The SMILES string of the molecule is C[C@H](OC(=O)CN1C(=O)[C@H]2CCCC[C@H]2C1=O)C(=O)NCc1ccc2c(c1)OCO2. The molecule has 1 saturated heterocycles. The molecule has 3 atom stereocenters. The molecule has 0 radical (unpaired) electrons. The van der Waals surface area contributed by atoms with Crippen LogP contribution in [0, 0.1) is 11.8 Å². The number of carbonyl (C=O) groups is 4. The van der Waals surface area contributed by atoms with E-state index in [0.29, 0.717) is 24.3 Å². The summed E-state index contributed by atoms with van der Waals surface area (Å²) in [6.45, 7) is 1.39. The van der Waals surface area contributed by atoms with Gasteiger partial charge in [-0.3, -0.25) is 24.1 Å². The summed E-state index contributed by atoms with van der Waals surface area (Å²) in [7, 11) is 0. The minimum Gasteiger partial charge on any atom is -0.454 e. The predicted molar refractivity (Wildman–Crippen MR) is 102 cm³/mol. The molecule has 0 spiro atoms. The molecule has 0 unspecified atom stereocenters. The van der Waals surface area contributed by atoms with Gasteiger partial charge in [0, 0.05) is 6.54 Å². The summed E-state index contributed by atoms with van der Waals surface area (Å²) in [5.41, 5.74) is 0.807. The summed E-state index contributed by atoms with van der Waals surface area (Å²) in [4.78, 5) is 50.4. The molecule has 2 fully saturated rings. The number of nitrogens with one attached hydrogen (secondary N) is 1. The van der Waals surface area contributed by atoms with Gasteiger partial charge in [0.15, 0.2) is 17.6 Å². The van der Waals surface area contributed by atoms with Crippen molar-refractivity contribution < 1.29 is 33.4 Å². The summed E-state index contributed by atoms with van der Waals surface area (Å²) in [5, 5.41) is 2.69. The molecule has 2 heterocycles. The lowest BCUT2D eigenvalue weighted by Crippen LogP contribution is -2.40. The lowest BCUT2D eigenvalue weighted by atomic mass is 9.81. The third-order valence-corrected chi connectivity index (χ3v) is 5.80. The Morgan fingerprint density at radius 2 is 1.80 bits per heavy atom. The van der Waals surface area contributed by atoms with E-state index in [1.807, 2.05) is 0 Å². The molecule has 1 aliphatic carbocycles. The largest absolute Gasteiger partial charge is 0.454 e. The molecule has 30 heavy (non-hydrogen) atoms. The molecule has 160 valence electrons. The smallest absolute Gasteiger partial charge is 0.326 e. The summed E-state index contributed by atoms with van der Waals surface area (Å²) in [6.07, 6.45) is 2.14. The Labute approximate surface area is 173 Å². The standard InChI is InChI=1S/C21H24N2O7/c1-12(19(25)22-9-13-6-7-16-17(8-13)29-11-28-16)30-18(24)10-23-20(26)14-4-2-3-5-15(14)21(23)27/h6-8,12,14-15H,2-5,9-11H2,1H3,(H,22,25)/t12-,14-,15+/m0/s1. The number of likely N-dealkylation sites (tertiary alicyclic amines) is 1. The Balaban J connectivity index is 1.26. The normalized spacial score (nSPS) is 23.2. The lowest BCUT2D eigenvalue weighted by molar-refractivity contribution is -0.159. The minimum absolute atomic E-state index is 0.168. The molecule has 1 aromatic carbocycles. The van der Waals surface area contributed by atoms with Crippen LogP contribution in [0.4, 0.5) is 0 Å². The number of imide groups is 1. The zero-order valence-electron chi connectivity index (χ0n) is 16.7. The number of hydrogen-bond acceptors (Lipinski definition) is 7. The predicted octanol–water partition coefficient (Wildman–Crippen LogP) is 1.14. The lowest BCUT2D eigenvalue weighted by Gasteiger charge is -2.19. The molecular weight excluding hydrogens is 392 g/mol. The third-order valence-electron chi connectivity index (χ3n) is 5.80. The highest BCUT2D eigenvalue weighted by Crippen LogP contribution is 2.38. The maximum Gasteiger partial charge on any atom is 0.326 e. The van der Waals surface area contributed by atoms with Crippen molar-refractivity contribution in [3.8, 4) is 11.5 Å². The van der Waals surface area contributed by atoms with Crippen LogP contribution in [0.15, 0.2) is 18.2 Å². The number of amides is 3. The van der Waals surface area contributed by atoms with Crippen molar-refractivity contribution in [2.24, 2.45) is 11.8 Å². The number of esters is 1. The van der Waals surface area contributed by atoms with Crippen molar-refractivity contribution in [3.63, 3.8) is 0 Å². The topological polar surface area (TPSA) is 111 Å². The Hall–Kier alpha value is -3.10. The van der Waals surface area contributed by atoms with Gasteiger partial charge in [-0.15, -0.1) is 0 Å². The van der Waals surface area contributed by atoms with E-state index in [2.05, 4.69) is 5.32 Å². The Kier molecular flexibility index (Phi) is 5.61.